The molecule has 0 spiro atoms. The summed E-state index contributed by atoms with van der Waals surface area (Å²) < 4.78 is 7.69. The Morgan fingerprint density at radius 1 is 1.28 bits per heavy atom. The molecule has 0 atom stereocenters. The molecule has 0 fully saturated rings. The molecule has 6 heteroatoms. The molecule has 0 aliphatic carbocycles. The number of carbonyl (C=O) groups is 1. The first-order valence-electron chi connectivity index (χ1n) is 10.6. The average molecular weight is 451 g/mol. The van der Waals surface area contributed by atoms with Crippen molar-refractivity contribution in [3.63, 3.8) is 0 Å². The molecule has 1 N–H and O–H groups in total. The predicted molar refractivity (Wildman–Crippen MR) is 128 cm³/mol. The number of ether oxygens (including phenoxy) is 1. The van der Waals surface area contributed by atoms with Crippen LogP contribution in [0, 0.1) is 6.92 Å². The highest BCUT2D eigenvalue weighted by atomic mass is 35.5. The first kappa shape index (κ1) is 22.2. The van der Waals surface area contributed by atoms with E-state index in [1.807, 2.05) is 55.1 Å². The number of nitrogens with zero attached hydrogens (tertiary/aromatic N) is 2. The summed E-state index contributed by atoms with van der Waals surface area (Å²) in [4.78, 5) is 14.4. The third-order valence-electron chi connectivity index (χ3n) is 6.11. The van der Waals surface area contributed by atoms with Crippen LogP contribution in [-0.4, -0.2) is 33.7 Å². The molecule has 1 aliphatic heterocycles. The van der Waals surface area contributed by atoms with Crippen molar-refractivity contribution < 1.29 is 14.6 Å². The summed E-state index contributed by atoms with van der Waals surface area (Å²) in [6.45, 7) is 8.45. The van der Waals surface area contributed by atoms with E-state index in [4.69, 9.17) is 16.3 Å². The number of fused-ring (bicyclic) bond motifs is 1. The summed E-state index contributed by atoms with van der Waals surface area (Å²) in [6, 6.07) is 11.9. The normalized spacial score (nSPS) is 13.6. The van der Waals surface area contributed by atoms with Gasteiger partial charge in [0.25, 0.3) is 0 Å². The van der Waals surface area contributed by atoms with E-state index < -0.39 is 5.97 Å². The molecule has 3 aromatic rings. The summed E-state index contributed by atoms with van der Waals surface area (Å²) in [7, 11) is 1.86. The third kappa shape index (κ3) is 4.31. The number of carboxylic acids is 1. The van der Waals surface area contributed by atoms with Gasteiger partial charge in [-0.2, -0.15) is 0 Å². The van der Waals surface area contributed by atoms with Gasteiger partial charge in [-0.05, 0) is 53.8 Å². The van der Waals surface area contributed by atoms with E-state index in [9.17, 15) is 9.90 Å². The van der Waals surface area contributed by atoms with Crippen molar-refractivity contribution in [3.8, 4) is 16.9 Å². The second-order valence-corrected chi connectivity index (χ2v) is 8.61. The van der Waals surface area contributed by atoms with E-state index in [0.717, 1.165) is 42.1 Å². The first-order chi connectivity index (χ1) is 15.4. The smallest absolute Gasteiger partial charge is 0.338 e. The topological polar surface area (TPSA) is 54.7 Å². The maximum Gasteiger partial charge on any atom is 0.338 e. The van der Waals surface area contributed by atoms with Crippen LogP contribution in [-0.2, 0) is 26.6 Å². The van der Waals surface area contributed by atoms with E-state index in [0.29, 0.717) is 29.3 Å². The maximum atomic E-state index is 12.0. The Kier molecular flexibility index (Phi) is 6.40. The van der Waals surface area contributed by atoms with E-state index in [1.54, 1.807) is 6.08 Å². The summed E-state index contributed by atoms with van der Waals surface area (Å²) >= 11 is 6.33. The van der Waals surface area contributed by atoms with Gasteiger partial charge in [0.1, 0.15) is 12.4 Å². The molecule has 0 radical (unpaired) electrons. The zero-order valence-corrected chi connectivity index (χ0v) is 19.2. The number of aryl methyl sites for hydroxylation is 1. The average Bonchev–Trinajstić information content (AvgIpc) is 3.07. The molecule has 166 valence electrons. The van der Waals surface area contributed by atoms with Gasteiger partial charge in [-0.1, -0.05) is 42.5 Å². The number of halogens is 1. The Morgan fingerprint density at radius 3 is 2.84 bits per heavy atom. The quantitative estimate of drug-likeness (QED) is 0.484. The van der Waals surface area contributed by atoms with Crippen LogP contribution in [0.15, 0.2) is 55.3 Å². The largest absolute Gasteiger partial charge is 0.489 e. The molecule has 32 heavy (non-hydrogen) atoms. The Hall–Kier alpha value is -3.02. The minimum atomic E-state index is -0.928. The van der Waals surface area contributed by atoms with Gasteiger partial charge in [0.15, 0.2) is 0 Å². The predicted octanol–water partition coefficient (Wildman–Crippen LogP) is 5.48. The third-order valence-corrected chi connectivity index (χ3v) is 6.35. The SMILES string of the molecule is C=CCOc1cccc2c1CCN(Cc1ccc(Cl)cc1-c1cn(C)c(C)c1C(=O)O)C2. The highest BCUT2D eigenvalue weighted by Crippen LogP contribution is 2.35. The van der Waals surface area contributed by atoms with Crippen molar-refractivity contribution in [2.45, 2.75) is 26.4 Å². The van der Waals surface area contributed by atoms with Crippen molar-refractivity contribution in [2.75, 3.05) is 13.2 Å². The highest BCUT2D eigenvalue weighted by molar-refractivity contribution is 6.31. The molecule has 2 aromatic carbocycles. The van der Waals surface area contributed by atoms with Gasteiger partial charge in [-0.3, -0.25) is 4.90 Å². The van der Waals surface area contributed by atoms with Crippen LogP contribution in [0.3, 0.4) is 0 Å². The van der Waals surface area contributed by atoms with Crippen LogP contribution in [0.2, 0.25) is 5.02 Å². The molecule has 0 saturated heterocycles. The van der Waals surface area contributed by atoms with Crippen molar-refractivity contribution in [3.05, 3.63) is 88.2 Å². The van der Waals surface area contributed by atoms with E-state index >= 15 is 0 Å². The molecular weight excluding hydrogens is 424 g/mol. The van der Waals surface area contributed by atoms with Crippen molar-refractivity contribution in [1.29, 1.82) is 0 Å². The van der Waals surface area contributed by atoms with E-state index in [2.05, 4.69) is 17.5 Å². The number of carboxylic acid groups (broad SMARTS) is 1. The molecule has 0 saturated carbocycles. The maximum absolute atomic E-state index is 12.0. The van der Waals surface area contributed by atoms with Gasteiger partial charge in [-0.25, -0.2) is 4.79 Å². The fourth-order valence-electron chi connectivity index (χ4n) is 4.43. The standard InChI is InChI=1S/C26H27ClN2O3/c1-4-12-32-24-7-5-6-18-14-29(11-10-21(18)24)15-19-8-9-20(27)13-22(19)23-16-28(3)17(2)25(23)26(30)31/h4-9,13,16H,1,10-12,14-15H2,2-3H3,(H,30,31). The van der Waals surface area contributed by atoms with Gasteiger partial charge < -0.3 is 14.4 Å². The Labute approximate surface area is 193 Å². The van der Waals surface area contributed by atoms with Gasteiger partial charge in [0, 0.05) is 49.2 Å². The van der Waals surface area contributed by atoms with Gasteiger partial charge in [-0.15, -0.1) is 0 Å². The number of aromatic nitrogens is 1. The van der Waals surface area contributed by atoms with Crippen molar-refractivity contribution in [2.24, 2.45) is 7.05 Å². The second-order valence-electron chi connectivity index (χ2n) is 8.17. The lowest BCUT2D eigenvalue weighted by Crippen LogP contribution is -2.30. The Bertz CT molecular complexity index is 1180. The van der Waals surface area contributed by atoms with Crippen LogP contribution in [0.1, 0.15) is 32.7 Å². The Morgan fingerprint density at radius 2 is 2.09 bits per heavy atom. The van der Waals surface area contributed by atoms with Crippen LogP contribution in [0.4, 0.5) is 0 Å². The lowest BCUT2D eigenvalue weighted by Gasteiger charge is -2.30. The van der Waals surface area contributed by atoms with Gasteiger partial charge in [0.05, 0.1) is 5.56 Å². The monoisotopic (exact) mass is 450 g/mol. The van der Waals surface area contributed by atoms with Crippen LogP contribution < -0.4 is 4.74 Å². The molecule has 5 nitrogen and oxygen atoms in total. The summed E-state index contributed by atoms with van der Waals surface area (Å²) in [6.07, 6.45) is 4.53. The molecular formula is C26H27ClN2O3. The molecule has 4 rings (SSSR count). The van der Waals surface area contributed by atoms with Crippen LogP contribution in [0.25, 0.3) is 11.1 Å². The van der Waals surface area contributed by atoms with Crippen LogP contribution in [0.5, 0.6) is 5.75 Å². The van der Waals surface area contributed by atoms with Crippen LogP contribution >= 0.6 is 11.6 Å². The summed E-state index contributed by atoms with van der Waals surface area (Å²) in [5.41, 5.74) is 6.19. The Balaban J connectivity index is 1.65. The number of hydrogen-bond acceptors (Lipinski definition) is 3. The minimum Gasteiger partial charge on any atom is -0.489 e. The van der Waals surface area contributed by atoms with Crippen molar-refractivity contribution in [1.82, 2.24) is 9.47 Å². The van der Waals surface area contributed by atoms with Gasteiger partial charge in [0.2, 0.25) is 0 Å². The van der Waals surface area contributed by atoms with Gasteiger partial charge >= 0.3 is 5.97 Å². The molecule has 2 heterocycles. The van der Waals surface area contributed by atoms with E-state index in [1.165, 1.54) is 11.1 Å². The minimum absolute atomic E-state index is 0.323. The summed E-state index contributed by atoms with van der Waals surface area (Å²) in [5.74, 6) is 0.00284. The molecule has 0 bridgehead atoms. The zero-order chi connectivity index (χ0) is 22.8. The number of aromatic carboxylic acids is 1. The lowest BCUT2D eigenvalue weighted by atomic mass is 9.95. The number of rotatable bonds is 7. The fourth-order valence-corrected chi connectivity index (χ4v) is 4.60. The number of benzene rings is 2. The number of hydrogen-bond donors (Lipinski definition) is 1. The first-order valence-corrected chi connectivity index (χ1v) is 11.0. The zero-order valence-electron chi connectivity index (χ0n) is 18.4. The molecule has 0 amide bonds. The molecule has 1 aromatic heterocycles. The highest BCUT2D eigenvalue weighted by Gasteiger charge is 2.24. The lowest BCUT2D eigenvalue weighted by molar-refractivity contribution is 0.0697. The second kappa shape index (κ2) is 9.23. The summed E-state index contributed by atoms with van der Waals surface area (Å²) in [5, 5.41) is 10.4. The molecule has 0 unspecified atom stereocenters. The fraction of sp³-hybridized carbons (Fsp3) is 0.269. The molecule has 1 aliphatic rings. The van der Waals surface area contributed by atoms with E-state index in [-0.39, 0.29) is 0 Å². The van der Waals surface area contributed by atoms with Crippen molar-refractivity contribution >= 4 is 17.6 Å².